The second-order valence-corrected chi connectivity index (χ2v) is 12.2. The third-order valence-electron chi connectivity index (χ3n) is 7.09. The summed E-state index contributed by atoms with van der Waals surface area (Å²) in [6.45, 7) is 10.00. The molecule has 3 aromatic rings. The minimum absolute atomic E-state index is 0.0469. The number of rotatable bonds is 8. The quantitative estimate of drug-likeness (QED) is 0.379. The number of ether oxygens (including phenoxy) is 3. The van der Waals surface area contributed by atoms with Crippen molar-refractivity contribution < 1.29 is 23.8 Å². The Morgan fingerprint density at radius 1 is 1.26 bits per heavy atom. The molecule has 1 saturated heterocycles. The highest BCUT2D eigenvalue weighted by molar-refractivity contribution is 5.97. The van der Waals surface area contributed by atoms with Gasteiger partial charge < -0.3 is 29.3 Å². The molecule has 12 heteroatoms. The van der Waals surface area contributed by atoms with Crippen LogP contribution in [0.2, 0.25) is 0 Å². The predicted molar refractivity (Wildman–Crippen MR) is 165 cm³/mol. The van der Waals surface area contributed by atoms with Crippen molar-refractivity contribution in [3.63, 3.8) is 0 Å². The highest BCUT2D eigenvalue weighted by atomic mass is 16.7. The van der Waals surface area contributed by atoms with Crippen molar-refractivity contribution in [2.75, 3.05) is 34.5 Å². The average molecular weight is 594 g/mol. The van der Waals surface area contributed by atoms with E-state index >= 15 is 0 Å². The maximum absolute atomic E-state index is 13.6. The van der Waals surface area contributed by atoms with Crippen LogP contribution in [0, 0.1) is 6.92 Å². The molecule has 1 aliphatic rings. The summed E-state index contributed by atoms with van der Waals surface area (Å²) in [6, 6.07) is 1.74. The number of methoxy groups -OCH3 is 1. The number of nitrogens with zero attached hydrogens (tertiary/aromatic N) is 6. The van der Waals surface area contributed by atoms with E-state index in [0.717, 1.165) is 16.5 Å². The van der Waals surface area contributed by atoms with Gasteiger partial charge in [-0.15, -0.1) is 0 Å². The molecule has 12 nitrogen and oxygen atoms in total. The summed E-state index contributed by atoms with van der Waals surface area (Å²) >= 11 is 0. The fraction of sp³-hybridized carbons (Fsp3) is 0.516. The average Bonchev–Trinajstić information content (AvgIpc) is 3.30. The van der Waals surface area contributed by atoms with E-state index in [1.54, 1.807) is 29.0 Å². The van der Waals surface area contributed by atoms with E-state index in [4.69, 9.17) is 19.2 Å². The summed E-state index contributed by atoms with van der Waals surface area (Å²) < 4.78 is 18.5. The van der Waals surface area contributed by atoms with Crippen molar-refractivity contribution in [2.24, 2.45) is 7.05 Å². The number of amides is 2. The largest absolute Gasteiger partial charge is 0.466 e. The maximum Gasteiger partial charge on any atom is 0.410 e. The lowest BCUT2D eigenvalue weighted by molar-refractivity contribution is 0.00959. The number of nitrogens with one attached hydrogen (secondary N) is 1. The Morgan fingerprint density at radius 3 is 2.65 bits per heavy atom. The van der Waals surface area contributed by atoms with Crippen molar-refractivity contribution in [3.8, 4) is 17.1 Å². The first-order valence-electron chi connectivity index (χ1n) is 14.4. The molecule has 2 unspecified atom stereocenters. The smallest absolute Gasteiger partial charge is 0.410 e. The molecule has 1 fully saturated rings. The van der Waals surface area contributed by atoms with Crippen molar-refractivity contribution in [2.45, 2.75) is 65.1 Å². The SMILES string of the molecule is COCOc1c(-c2ncc(C(=O)NC3CCN(C(=O)OC(C)(C)C)C(C)C3)c(/C=C\N(C)C)n2)cc2cn(C)nc2c1C. The van der Waals surface area contributed by atoms with E-state index in [-0.39, 0.29) is 30.9 Å². The number of benzene rings is 1. The van der Waals surface area contributed by atoms with Gasteiger partial charge in [-0.3, -0.25) is 9.48 Å². The van der Waals surface area contributed by atoms with Crippen LogP contribution < -0.4 is 10.1 Å². The van der Waals surface area contributed by atoms with Crippen LogP contribution in [-0.4, -0.2) is 93.8 Å². The highest BCUT2D eigenvalue weighted by Gasteiger charge is 2.33. The van der Waals surface area contributed by atoms with Crippen LogP contribution in [-0.2, 0) is 16.5 Å². The van der Waals surface area contributed by atoms with Crippen molar-refractivity contribution in [3.05, 3.63) is 41.5 Å². The lowest BCUT2D eigenvalue weighted by atomic mass is 9.98. The molecule has 0 radical (unpaired) electrons. The molecule has 1 aliphatic heterocycles. The van der Waals surface area contributed by atoms with Crippen molar-refractivity contribution in [1.82, 2.24) is 34.9 Å². The summed E-state index contributed by atoms with van der Waals surface area (Å²) in [5.74, 6) is 0.704. The first-order chi connectivity index (χ1) is 20.3. The van der Waals surface area contributed by atoms with Gasteiger partial charge in [0, 0.05) is 76.4 Å². The number of aryl methyl sites for hydroxylation is 2. The molecule has 43 heavy (non-hydrogen) atoms. The monoisotopic (exact) mass is 593 g/mol. The van der Waals surface area contributed by atoms with E-state index in [9.17, 15) is 9.59 Å². The molecule has 0 spiro atoms. The van der Waals surface area contributed by atoms with E-state index in [0.29, 0.717) is 47.8 Å². The summed E-state index contributed by atoms with van der Waals surface area (Å²) in [7, 11) is 7.22. The molecule has 1 aromatic carbocycles. The molecule has 1 N–H and O–H groups in total. The van der Waals surface area contributed by atoms with Crippen LogP contribution in [0.25, 0.3) is 28.4 Å². The van der Waals surface area contributed by atoms with Gasteiger partial charge in [0.1, 0.15) is 11.4 Å². The Bertz CT molecular complexity index is 1510. The highest BCUT2D eigenvalue weighted by Crippen LogP contribution is 2.37. The minimum Gasteiger partial charge on any atom is -0.466 e. The van der Waals surface area contributed by atoms with Crippen molar-refractivity contribution >= 4 is 29.0 Å². The maximum atomic E-state index is 13.6. The topological polar surface area (TPSA) is 124 Å². The van der Waals surface area contributed by atoms with E-state index < -0.39 is 5.60 Å². The van der Waals surface area contributed by atoms with E-state index in [1.165, 1.54) is 0 Å². The number of fused-ring (bicyclic) bond motifs is 1. The van der Waals surface area contributed by atoms with Crippen LogP contribution in [0.3, 0.4) is 0 Å². The number of carbonyl (C=O) groups excluding carboxylic acids is 2. The number of likely N-dealkylation sites (tertiary alicyclic amines) is 1. The van der Waals surface area contributed by atoms with E-state index in [1.807, 2.05) is 79.1 Å². The Morgan fingerprint density at radius 2 is 2.00 bits per heavy atom. The molecule has 3 heterocycles. The molecule has 0 saturated carbocycles. The van der Waals surface area contributed by atoms with Gasteiger partial charge in [-0.2, -0.15) is 5.10 Å². The summed E-state index contributed by atoms with van der Waals surface area (Å²) in [5, 5.41) is 8.62. The first-order valence-corrected chi connectivity index (χ1v) is 14.4. The lowest BCUT2D eigenvalue weighted by Crippen LogP contribution is -2.52. The summed E-state index contributed by atoms with van der Waals surface area (Å²) in [4.78, 5) is 39.3. The number of hydrogen-bond donors (Lipinski definition) is 1. The fourth-order valence-electron chi connectivity index (χ4n) is 5.11. The molecule has 232 valence electrons. The van der Waals surface area contributed by atoms with Gasteiger partial charge in [0.15, 0.2) is 12.6 Å². The second-order valence-electron chi connectivity index (χ2n) is 12.2. The number of hydrogen-bond acceptors (Lipinski definition) is 9. The summed E-state index contributed by atoms with van der Waals surface area (Å²) in [6.07, 6.45) is 7.99. The lowest BCUT2D eigenvalue weighted by Gasteiger charge is -2.38. The molecule has 2 atom stereocenters. The molecule has 2 amide bonds. The van der Waals surface area contributed by atoms with Gasteiger partial charge >= 0.3 is 6.09 Å². The van der Waals surface area contributed by atoms with Crippen LogP contribution in [0.1, 0.15) is 62.2 Å². The van der Waals surface area contributed by atoms with Gasteiger partial charge in [-0.25, -0.2) is 14.8 Å². The first kappa shape index (κ1) is 31.7. The fourth-order valence-corrected chi connectivity index (χ4v) is 5.11. The Balaban J connectivity index is 1.62. The third kappa shape index (κ3) is 7.61. The molecular formula is C31H43N7O5. The molecule has 4 rings (SSSR count). The van der Waals surface area contributed by atoms with E-state index in [2.05, 4.69) is 15.4 Å². The number of carbonyl (C=O) groups is 2. The Hall–Kier alpha value is -4.19. The zero-order valence-electron chi connectivity index (χ0n) is 26.6. The van der Waals surface area contributed by atoms with Crippen LogP contribution in [0.4, 0.5) is 4.79 Å². The van der Waals surface area contributed by atoms with Gasteiger partial charge in [-0.1, -0.05) is 0 Å². The van der Waals surface area contributed by atoms with Crippen molar-refractivity contribution in [1.29, 1.82) is 0 Å². The summed E-state index contributed by atoms with van der Waals surface area (Å²) in [5.41, 5.74) is 2.58. The zero-order valence-corrected chi connectivity index (χ0v) is 26.6. The zero-order chi connectivity index (χ0) is 31.5. The van der Waals surface area contributed by atoms with Crippen LogP contribution >= 0.6 is 0 Å². The normalized spacial score (nSPS) is 17.4. The second kappa shape index (κ2) is 13.0. The molecule has 2 aromatic heterocycles. The number of aromatic nitrogens is 4. The Labute approximate surface area is 253 Å². The number of piperidine rings is 1. The van der Waals surface area contributed by atoms with Gasteiger partial charge in [0.25, 0.3) is 5.91 Å². The third-order valence-corrected chi connectivity index (χ3v) is 7.09. The van der Waals surface area contributed by atoms with Gasteiger partial charge in [-0.05, 0) is 59.6 Å². The van der Waals surface area contributed by atoms with Crippen LogP contribution in [0.15, 0.2) is 24.7 Å². The Kier molecular flexibility index (Phi) is 9.59. The van der Waals surface area contributed by atoms with Crippen LogP contribution in [0.5, 0.6) is 5.75 Å². The molecule has 0 aliphatic carbocycles. The minimum atomic E-state index is -0.566. The molecular weight excluding hydrogens is 550 g/mol. The standard InChI is InChI=1S/C31H43N7O5/c1-19-14-22(10-13-38(19)30(40)43-31(3,4)5)33-29(39)24-16-32-28(34-25(24)11-12-36(6)7)23-15-21-17-37(8)35-26(21)20(2)27(23)42-18-41-9/h11-12,15-17,19,22H,10,13-14,18H2,1-9H3,(H,33,39)/b12-11-. The predicted octanol–water partition coefficient (Wildman–Crippen LogP) is 4.37. The van der Waals surface area contributed by atoms with Gasteiger partial charge in [0.2, 0.25) is 0 Å². The molecule has 0 bridgehead atoms. The van der Waals surface area contributed by atoms with Gasteiger partial charge in [0.05, 0.1) is 22.3 Å².